The molecule has 1 aromatic heterocycles. The Bertz CT molecular complexity index is 1000. The molecule has 0 aliphatic carbocycles. The highest BCUT2D eigenvalue weighted by atomic mass is 19.1. The summed E-state index contributed by atoms with van der Waals surface area (Å²) < 4.78 is 17.3. The Hall–Kier alpha value is -2.16. The molecule has 2 heterocycles. The fourth-order valence-electron chi connectivity index (χ4n) is 4.53. The molecule has 0 spiro atoms. The molecular formula is C22H34FN5O2. The summed E-state index contributed by atoms with van der Waals surface area (Å²) in [7, 11) is 3.47. The van der Waals surface area contributed by atoms with Crippen molar-refractivity contribution in [3.05, 3.63) is 33.4 Å². The van der Waals surface area contributed by atoms with Gasteiger partial charge < -0.3 is 26.0 Å². The van der Waals surface area contributed by atoms with Gasteiger partial charge in [-0.15, -0.1) is 0 Å². The third kappa shape index (κ3) is 3.68. The predicted molar refractivity (Wildman–Crippen MR) is 120 cm³/mol. The van der Waals surface area contributed by atoms with E-state index in [0.29, 0.717) is 17.6 Å². The number of hydrogen-bond donors (Lipinski definition) is 5. The fourth-order valence-corrected chi connectivity index (χ4v) is 4.53. The maximum atomic E-state index is 15.3. The van der Waals surface area contributed by atoms with E-state index in [4.69, 9.17) is 5.73 Å². The van der Waals surface area contributed by atoms with Crippen molar-refractivity contribution >= 4 is 22.3 Å². The Balaban J connectivity index is 2.29. The molecule has 2 atom stereocenters. The zero-order chi connectivity index (χ0) is 22.2. The van der Waals surface area contributed by atoms with E-state index < -0.39 is 17.5 Å². The van der Waals surface area contributed by atoms with Gasteiger partial charge in [-0.25, -0.2) is 4.39 Å². The maximum absolute atomic E-state index is 15.3. The third-order valence-corrected chi connectivity index (χ3v) is 6.29. The molecule has 2 unspecified atom stereocenters. The van der Waals surface area contributed by atoms with Crippen LogP contribution in [0.2, 0.25) is 0 Å². The molecule has 166 valence electrons. The number of rotatable bonds is 8. The van der Waals surface area contributed by atoms with Crippen molar-refractivity contribution in [2.24, 2.45) is 0 Å². The van der Waals surface area contributed by atoms with E-state index in [0.717, 1.165) is 31.5 Å². The van der Waals surface area contributed by atoms with Gasteiger partial charge in [0.1, 0.15) is 6.23 Å². The minimum atomic E-state index is -1.14. The van der Waals surface area contributed by atoms with Crippen molar-refractivity contribution in [3.8, 4) is 0 Å². The lowest BCUT2D eigenvalue weighted by Crippen LogP contribution is -2.31. The van der Waals surface area contributed by atoms with Crippen molar-refractivity contribution in [1.29, 1.82) is 0 Å². The molecule has 1 aliphatic heterocycles. The van der Waals surface area contributed by atoms with Gasteiger partial charge in [0.2, 0.25) is 0 Å². The molecule has 0 amide bonds. The van der Waals surface area contributed by atoms with Gasteiger partial charge in [0.05, 0.1) is 27.8 Å². The van der Waals surface area contributed by atoms with E-state index in [1.54, 1.807) is 13.1 Å². The standard InChI is InChI=1S/C22H34FN5O2/c1-6-12(8-10-25-4)27-13-11-15-16(19(24)18(13)23)20(29)17(21(30)26-5)14-7-9-22(2,3)28(14)15/h11-12,21,25-27,30H,6-10,24H2,1-5H3. The first-order chi connectivity index (χ1) is 14.2. The molecule has 0 bridgehead atoms. The average Bonchev–Trinajstić information content (AvgIpc) is 3.03. The second-order valence-corrected chi connectivity index (χ2v) is 8.72. The molecule has 30 heavy (non-hydrogen) atoms. The lowest BCUT2D eigenvalue weighted by atomic mass is 10.0. The zero-order valence-corrected chi connectivity index (χ0v) is 18.5. The lowest BCUT2D eigenvalue weighted by molar-refractivity contribution is 0.146. The van der Waals surface area contributed by atoms with Crippen LogP contribution < -0.4 is 27.1 Å². The van der Waals surface area contributed by atoms with Gasteiger partial charge in [-0.05, 0) is 66.2 Å². The highest BCUT2D eigenvalue weighted by Crippen LogP contribution is 2.40. The number of nitrogens with one attached hydrogen (secondary N) is 3. The number of fused-ring (bicyclic) bond motifs is 3. The maximum Gasteiger partial charge on any atom is 0.199 e. The number of benzene rings is 1. The van der Waals surface area contributed by atoms with Crippen LogP contribution in [0, 0.1) is 5.82 Å². The van der Waals surface area contributed by atoms with E-state index in [-0.39, 0.29) is 28.2 Å². The number of aliphatic hydroxyl groups is 1. The molecule has 6 N–H and O–H groups in total. The normalized spacial score (nSPS) is 17.2. The Morgan fingerprint density at radius 2 is 2.07 bits per heavy atom. The highest BCUT2D eigenvalue weighted by molar-refractivity contribution is 5.95. The van der Waals surface area contributed by atoms with E-state index in [1.165, 1.54) is 0 Å². The van der Waals surface area contributed by atoms with Crippen LogP contribution in [-0.2, 0) is 12.0 Å². The van der Waals surface area contributed by atoms with Gasteiger partial charge in [0, 0.05) is 17.3 Å². The summed E-state index contributed by atoms with van der Waals surface area (Å²) in [4.78, 5) is 13.3. The van der Waals surface area contributed by atoms with Gasteiger partial charge in [0.15, 0.2) is 11.2 Å². The molecule has 0 radical (unpaired) electrons. The monoisotopic (exact) mass is 419 g/mol. The molecule has 0 saturated carbocycles. The van der Waals surface area contributed by atoms with E-state index in [9.17, 15) is 9.90 Å². The number of aliphatic hydroxyl groups excluding tert-OH is 1. The van der Waals surface area contributed by atoms with E-state index >= 15 is 4.39 Å². The first-order valence-corrected chi connectivity index (χ1v) is 10.6. The number of pyridine rings is 1. The minimum absolute atomic E-state index is 0.0759. The van der Waals surface area contributed by atoms with Crippen LogP contribution in [-0.4, -0.2) is 36.4 Å². The number of nitrogens with zero attached hydrogens (tertiary/aromatic N) is 1. The molecule has 1 aromatic carbocycles. The van der Waals surface area contributed by atoms with Crippen molar-refractivity contribution in [1.82, 2.24) is 15.2 Å². The van der Waals surface area contributed by atoms with Gasteiger partial charge in [0.25, 0.3) is 0 Å². The van der Waals surface area contributed by atoms with Crippen LogP contribution in [0.4, 0.5) is 15.8 Å². The second kappa shape index (κ2) is 8.53. The summed E-state index contributed by atoms with van der Waals surface area (Å²) in [5.74, 6) is -0.622. The molecule has 0 saturated heterocycles. The molecule has 3 rings (SSSR count). The third-order valence-electron chi connectivity index (χ3n) is 6.29. The number of nitrogen functional groups attached to an aromatic ring is 1. The number of aromatic nitrogens is 1. The smallest absolute Gasteiger partial charge is 0.199 e. The summed E-state index contributed by atoms with van der Waals surface area (Å²) in [6, 6.07) is 1.78. The molecular weight excluding hydrogens is 385 g/mol. The van der Waals surface area contributed by atoms with Crippen LogP contribution in [0.15, 0.2) is 10.9 Å². The minimum Gasteiger partial charge on any atom is -0.396 e. The number of nitrogens with two attached hydrogens (primary N) is 1. The zero-order valence-electron chi connectivity index (χ0n) is 18.5. The fraction of sp³-hybridized carbons (Fsp3) is 0.591. The topological polar surface area (TPSA) is 104 Å². The van der Waals surface area contributed by atoms with Gasteiger partial charge >= 0.3 is 0 Å². The molecule has 2 aromatic rings. The first kappa shape index (κ1) is 22.5. The molecule has 8 heteroatoms. The predicted octanol–water partition coefficient (Wildman–Crippen LogP) is 2.41. The van der Waals surface area contributed by atoms with Gasteiger partial charge in [-0.1, -0.05) is 6.92 Å². The Morgan fingerprint density at radius 3 is 2.67 bits per heavy atom. The number of anilines is 2. The molecule has 0 fully saturated rings. The second-order valence-electron chi connectivity index (χ2n) is 8.72. The van der Waals surface area contributed by atoms with Crippen molar-refractivity contribution in [2.45, 2.75) is 64.3 Å². The number of hydrogen-bond acceptors (Lipinski definition) is 6. The molecule has 7 nitrogen and oxygen atoms in total. The Kier molecular flexibility index (Phi) is 6.40. The van der Waals surface area contributed by atoms with Gasteiger partial charge in [-0.3, -0.25) is 10.1 Å². The van der Waals surface area contributed by atoms with Crippen LogP contribution in [0.25, 0.3) is 10.9 Å². The summed E-state index contributed by atoms with van der Waals surface area (Å²) >= 11 is 0. The van der Waals surface area contributed by atoms with E-state index in [2.05, 4.69) is 34.4 Å². The average molecular weight is 420 g/mol. The number of halogens is 1. The Labute approximate surface area is 176 Å². The lowest BCUT2D eigenvalue weighted by Gasteiger charge is -2.28. The van der Waals surface area contributed by atoms with Crippen molar-refractivity contribution < 1.29 is 9.50 Å². The largest absolute Gasteiger partial charge is 0.396 e. The van der Waals surface area contributed by atoms with Crippen LogP contribution in [0.5, 0.6) is 0 Å². The van der Waals surface area contributed by atoms with Crippen LogP contribution >= 0.6 is 0 Å². The Morgan fingerprint density at radius 1 is 1.37 bits per heavy atom. The van der Waals surface area contributed by atoms with Crippen molar-refractivity contribution in [2.75, 3.05) is 31.7 Å². The summed E-state index contributed by atoms with van der Waals surface area (Å²) in [5, 5.41) is 19.7. The van der Waals surface area contributed by atoms with E-state index in [1.807, 2.05) is 14.0 Å². The molecule has 1 aliphatic rings. The van der Waals surface area contributed by atoms with Gasteiger partial charge in [-0.2, -0.15) is 0 Å². The first-order valence-electron chi connectivity index (χ1n) is 10.6. The summed E-state index contributed by atoms with van der Waals surface area (Å²) in [5.41, 5.74) is 7.25. The van der Waals surface area contributed by atoms with Crippen LogP contribution in [0.1, 0.15) is 57.5 Å². The summed E-state index contributed by atoms with van der Waals surface area (Å²) in [6.45, 7) is 7.02. The van der Waals surface area contributed by atoms with Crippen molar-refractivity contribution in [3.63, 3.8) is 0 Å². The quantitative estimate of drug-likeness (QED) is 0.333. The summed E-state index contributed by atoms with van der Waals surface area (Å²) in [6.07, 6.45) is 2.00. The SMILES string of the molecule is CCC(CCNC)Nc1cc2c(c(N)c1F)c(=O)c(C(O)NC)c1n2C(C)(C)CC1. The van der Waals surface area contributed by atoms with Crippen LogP contribution in [0.3, 0.4) is 0 Å². The highest BCUT2D eigenvalue weighted by Gasteiger charge is 2.36.